The molecular weight excluding hydrogens is 402 g/mol. The molecule has 1 aromatic carbocycles. The largest absolute Gasteiger partial charge is 0.433 e. The first-order valence-corrected chi connectivity index (χ1v) is 8.04. The Hall–Kier alpha value is -3.37. The standard InChI is InChI=1S/C18H12F6N4O/c1-10-13(6-7-14(26-10)17(19,20)21)16(29)27-11-2-4-12(5-3-11)28-15(8-9-25-28)18(22,23)24/h2-9H,1H3,(H,27,29). The van der Waals surface area contributed by atoms with Crippen molar-refractivity contribution in [3.05, 3.63) is 71.3 Å². The number of amides is 1. The lowest BCUT2D eigenvalue weighted by Crippen LogP contribution is -2.17. The summed E-state index contributed by atoms with van der Waals surface area (Å²) in [5.41, 5.74) is -1.89. The molecular formula is C18H12F6N4O. The van der Waals surface area contributed by atoms with Gasteiger partial charge in [0.05, 0.1) is 23.1 Å². The van der Waals surface area contributed by atoms with Crippen LogP contribution < -0.4 is 5.32 Å². The minimum absolute atomic E-state index is 0.0616. The van der Waals surface area contributed by atoms with Gasteiger partial charge in [-0.2, -0.15) is 31.4 Å². The highest BCUT2D eigenvalue weighted by atomic mass is 19.4. The van der Waals surface area contributed by atoms with Gasteiger partial charge in [-0.1, -0.05) is 0 Å². The zero-order valence-electron chi connectivity index (χ0n) is 14.6. The highest BCUT2D eigenvalue weighted by molar-refractivity contribution is 6.05. The molecule has 1 N–H and O–H groups in total. The van der Waals surface area contributed by atoms with Gasteiger partial charge in [-0.15, -0.1) is 0 Å². The number of alkyl halides is 6. The van der Waals surface area contributed by atoms with Crippen molar-refractivity contribution in [3.8, 4) is 5.69 Å². The molecule has 152 valence electrons. The zero-order chi connectivity index (χ0) is 21.4. The number of nitrogens with one attached hydrogen (secondary N) is 1. The Morgan fingerprint density at radius 3 is 2.14 bits per heavy atom. The van der Waals surface area contributed by atoms with Gasteiger partial charge in [0.15, 0.2) is 0 Å². The molecule has 0 aliphatic carbocycles. The van der Waals surface area contributed by atoms with Gasteiger partial charge >= 0.3 is 12.4 Å². The average Bonchev–Trinajstić information content (AvgIpc) is 3.11. The minimum atomic E-state index is -4.63. The maximum absolute atomic E-state index is 13.0. The van der Waals surface area contributed by atoms with Gasteiger partial charge < -0.3 is 5.32 Å². The smallest absolute Gasteiger partial charge is 0.322 e. The topological polar surface area (TPSA) is 59.8 Å². The van der Waals surface area contributed by atoms with E-state index in [1.54, 1.807) is 0 Å². The molecule has 5 nitrogen and oxygen atoms in total. The van der Waals surface area contributed by atoms with E-state index in [9.17, 15) is 31.1 Å². The summed E-state index contributed by atoms with van der Waals surface area (Å²) in [5.74, 6) is -0.702. The molecule has 3 rings (SSSR count). The molecule has 29 heavy (non-hydrogen) atoms. The number of benzene rings is 1. The number of hydrogen-bond donors (Lipinski definition) is 1. The maximum Gasteiger partial charge on any atom is 0.433 e. The van der Waals surface area contributed by atoms with Gasteiger partial charge in [-0.25, -0.2) is 9.67 Å². The van der Waals surface area contributed by atoms with Gasteiger partial charge in [0.1, 0.15) is 11.4 Å². The first-order chi connectivity index (χ1) is 13.5. The molecule has 0 aliphatic rings. The quantitative estimate of drug-likeness (QED) is 0.623. The molecule has 2 heterocycles. The van der Waals surface area contributed by atoms with Crippen LogP contribution in [-0.4, -0.2) is 20.7 Å². The van der Waals surface area contributed by atoms with Crippen LogP contribution in [0.15, 0.2) is 48.7 Å². The average molecular weight is 414 g/mol. The SMILES string of the molecule is Cc1nc(C(F)(F)F)ccc1C(=O)Nc1ccc(-n2nccc2C(F)(F)F)cc1. The summed E-state index contributed by atoms with van der Waals surface area (Å²) in [4.78, 5) is 15.7. The maximum atomic E-state index is 13.0. The molecule has 0 radical (unpaired) electrons. The minimum Gasteiger partial charge on any atom is -0.322 e. The van der Waals surface area contributed by atoms with Crippen LogP contribution >= 0.6 is 0 Å². The summed E-state index contributed by atoms with van der Waals surface area (Å²) in [6.07, 6.45) is -8.20. The first kappa shape index (κ1) is 20.4. The van der Waals surface area contributed by atoms with Crippen molar-refractivity contribution in [2.45, 2.75) is 19.3 Å². The second kappa shape index (κ2) is 7.22. The Bertz CT molecular complexity index is 1040. The van der Waals surface area contributed by atoms with E-state index in [0.29, 0.717) is 10.7 Å². The lowest BCUT2D eigenvalue weighted by Gasteiger charge is -2.12. The fourth-order valence-electron chi connectivity index (χ4n) is 2.57. The second-order valence-corrected chi connectivity index (χ2v) is 5.95. The third-order valence-electron chi connectivity index (χ3n) is 3.92. The van der Waals surface area contributed by atoms with Crippen LogP contribution in [0.3, 0.4) is 0 Å². The van der Waals surface area contributed by atoms with Gasteiger partial charge in [-0.3, -0.25) is 4.79 Å². The van der Waals surface area contributed by atoms with E-state index in [1.807, 2.05) is 0 Å². The van der Waals surface area contributed by atoms with Crippen LogP contribution in [0.5, 0.6) is 0 Å². The summed E-state index contributed by atoms with van der Waals surface area (Å²) in [5, 5.41) is 6.10. The van der Waals surface area contributed by atoms with Crippen molar-refractivity contribution >= 4 is 11.6 Å². The van der Waals surface area contributed by atoms with Gasteiger partial charge in [-0.05, 0) is 49.4 Å². The Morgan fingerprint density at radius 2 is 1.59 bits per heavy atom. The number of hydrogen-bond acceptors (Lipinski definition) is 3. The second-order valence-electron chi connectivity index (χ2n) is 5.95. The van der Waals surface area contributed by atoms with E-state index in [-0.39, 0.29) is 22.6 Å². The molecule has 0 saturated heterocycles. The number of aromatic nitrogens is 3. The van der Waals surface area contributed by atoms with Gasteiger partial charge in [0.2, 0.25) is 0 Å². The third-order valence-corrected chi connectivity index (χ3v) is 3.92. The molecule has 0 saturated carbocycles. The summed E-state index contributed by atoms with van der Waals surface area (Å²) in [6.45, 7) is 1.27. The van der Waals surface area contributed by atoms with Crippen molar-refractivity contribution in [1.29, 1.82) is 0 Å². The monoisotopic (exact) mass is 414 g/mol. The Labute approximate surface area is 160 Å². The van der Waals surface area contributed by atoms with E-state index >= 15 is 0 Å². The van der Waals surface area contributed by atoms with Gasteiger partial charge in [0.25, 0.3) is 5.91 Å². The van der Waals surface area contributed by atoms with Crippen molar-refractivity contribution < 1.29 is 31.1 Å². The molecule has 0 aliphatic heterocycles. The number of carbonyl (C=O) groups excluding carboxylic acids is 1. The number of nitrogens with zero attached hydrogens (tertiary/aromatic N) is 3. The Balaban J connectivity index is 1.79. The number of halogens is 6. The van der Waals surface area contributed by atoms with Crippen LogP contribution in [-0.2, 0) is 12.4 Å². The number of pyridine rings is 1. The molecule has 0 unspecified atom stereocenters. The van der Waals surface area contributed by atoms with Crippen molar-refractivity contribution in [1.82, 2.24) is 14.8 Å². The lowest BCUT2D eigenvalue weighted by atomic mass is 10.1. The summed E-state index contributed by atoms with van der Waals surface area (Å²) in [6, 6.07) is 7.86. The number of rotatable bonds is 3. The third kappa shape index (κ3) is 4.39. The highest BCUT2D eigenvalue weighted by Crippen LogP contribution is 2.31. The van der Waals surface area contributed by atoms with Crippen LogP contribution in [0.25, 0.3) is 5.69 Å². The number of anilines is 1. The van der Waals surface area contributed by atoms with Crippen LogP contribution in [0.2, 0.25) is 0 Å². The summed E-state index contributed by atoms with van der Waals surface area (Å²) < 4.78 is 77.6. The zero-order valence-corrected chi connectivity index (χ0v) is 14.6. The predicted molar refractivity (Wildman–Crippen MR) is 90.5 cm³/mol. The van der Waals surface area contributed by atoms with E-state index in [2.05, 4.69) is 15.4 Å². The number of aryl methyl sites for hydroxylation is 1. The molecule has 0 fully saturated rings. The normalized spacial score (nSPS) is 12.1. The first-order valence-electron chi connectivity index (χ1n) is 8.04. The van der Waals surface area contributed by atoms with E-state index in [1.165, 1.54) is 31.2 Å². The van der Waals surface area contributed by atoms with E-state index in [0.717, 1.165) is 18.3 Å². The fraction of sp³-hybridized carbons (Fsp3) is 0.167. The van der Waals surface area contributed by atoms with Crippen LogP contribution in [0.1, 0.15) is 27.4 Å². The molecule has 0 spiro atoms. The molecule has 3 aromatic rings. The predicted octanol–water partition coefficient (Wildman–Crippen LogP) is 4.87. The van der Waals surface area contributed by atoms with Crippen LogP contribution in [0, 0.1) is 6.92 Å². The van der Waals surface area contributed by atoms with Crippen molar-refractivity contribution in [2.75, 3.05) is 5.32 Å². The Morgan fingerprint density at radius 1 is 0.931 bits per heavy atom. The Kier molecular flexibility index (Phi) is 5.07. The lowest BCUT2D eigenvalue weighted by molar-refractivity contribution is -0.143. The molecule has 11 heteroatoms. The highest BCUT2D eigenvalue weighted by Gasteiger charge is 2.35. The van der Waals surface area contributed by atoms with Crippen molar-refractivity contribution in [2.24, 2.45) is 0 Å². The summed E-state index contributed by atoms with van der Waals surface area (Å²) in [7, 11) is 0. The molecule has 2 aromatic heterocycles. The molecule has 0 bridgehead atoms. The van der Waals surface area contributed by atoms with E-state index in [4.69, 9.17) is 0 Å². The molecule has 0 atom stereocenters. The number of carbonyl (C=O) groups is 1. The summed E-state index contributed by atoms with van der Waals surface area (Å²) >= 11 is 0. The van der Waals surface area contributed by atoms with Crippen molar-refractivity contribution in [3.63, 3.8) is 0 Å². The van der Waals surface area contributed by atoms with Gasteiger partial charge in [0, 0.05) is 5.69 Å². The van der Waals surface area contributed by atoms with Crippen LogP contribution in [0.4, 0.5) is 32.0 Å². The molecule has 1 amide bonds. The fourth-order valence-corrected chi connectivity index (χ4v) is 2.57. The van der Waals surface area contributed by atoms with E-state index < -0.39 is 29.6 Å².